The van der Waals surface area contributed by atoms with Gasteiger partial charge in [-0.3, -0.25) is 0 Å². The molecular weight excluding hydrogens is 230 g/mol. The summed E-state index contributed by atoms with van der Waals surface area (Å²) in [6.45, 7) is 6.18. The number of aryl methyl sites for hydroxylation is 2. The van der Waals surface area contributed by atoms with Crippen LogP contribution >= 0.6 is 0 Å². The van der Waals surface area contributed by atoms with Gasteiger partial charge < -0.3 is 15.0 Å². The van der Waals surface area contributed by atoms with E-state index in [-0.39, 0.29) is 12.6 Å². The summed E-state index contributed by atoms with van der Waals surface area (Å²) in [7, 11) is 0. The Labute approximate surface area is 106 Å². The van der Waals surface area contributed by atoms with Crippen LogP contribution in [0.1, 0.15) is 35.8 Å². The second kappa shape index (κ2) is 5.18. The molecule has 5 nitrogen and oxygen atoms in total. The summed E-state index contributed by atoms with van der Waals surface area (Å²) in [5, 5.41) is 3.80. The van der Waals surface area contributed by atoms with Gasteiger partial charge in [-0.2, -0.15) is 4.98 Å². The molecule has 2 N–H and O–H groups in total. The number of ether oxygens (including phenoxy) is 1. The first-order valence-electron chi connectivity index (χ1n) is 5.84. The Morgan fingerprint density at radius 1 is 1.33 bits per heavy atom. The number of hydrogen-bond donors (Lipinski definition) is 1. The second-order valence-corrected chi connectivity index (χ2v) is 4.37. The molecule has 1 atom stereocenters. The third kappa shape index (κ3) is 2.87. The average molecular weight is 247 g/mol. The Balaban J connectivity index is 2.00. The van der Waals surface area contributed by atoms with Crippen molar-refractivity contribution in [1.82, 2.24) is 10.1 Å². The number of nitrogens with zero attached hydrogens (tertiary/aromatic N) is 2. The van der Waals surface area contributed by atoms with Crippen molar-refractivity contribution in [2.45, 2.75) is 33.4 Å². The lowest BCUT2D eigenvalue weighted by Crippen LogP contribution is -2.05. The van der Waals surface area contributed by atoms with E-state index in [1.807, 2.05) is 25.1 Å². The molecule has 1 aromatic carbocycles. The molecule has 0 aliphatic carbocycles. The van der Waals surface area contributed by atoms with E-state index < -0.39 is 0 Å². The number of rotatable bonds is 4. The van der Waals surface area contributed by atoms with Crippen LogP contribution in [-0.2, 0) is 6.61 Å². The third-order valence-electron chi connectivity index (χ3n) is 2.72. The molecule has 0 bridgehead atoms. The lowest BCUT2D eigenvalue weighted by Gasteiger charge is -2.05. The fraction of sp³-hybridized carbons (Fsp3) is 0.385. The summed E-state index contributed by atoms with van der Waals surface area (Å²) >= 11 is 0. The maximum Gasteiger partial charge on any atom is 0.243 e. The van der Waals surface area contributed by atoms with Gasteiger partial charge in [-0.25, -0.2) is 0 Å². The van der Waals surface area contributed by atoms with E-state index in [2.05, 4.69) is 17.1 Å². The Bertz CT molecular complexity index is 535. The molecule has 5 heteroatoms. The molecule has 0 radical (unpaired) electrons. The van der Waals surface area contributed by atoms with Crippen LogP contribution in [0.15, 0.2) is 22.7 Å². The van der Waals surface area contributed by atoms with Crippen molar-refractivity contribution < 1.29 is 9.26 Å². The lowest BCUT2D eigenvalue weighted by molar-refractivity contribution is 0.284. The molecule has 2 rings (SSSR count). The summed E-state index contributed by atoms with van der Waals surface area (Å²) in [5.41, 5.74) is 8.06. The van der Waals surface area contributed by atoms with Crippen molar-refractivity contribution in [3.8, 4) is 5.75 Å². The van der Waals surface area contributed by atoms with Crippen LogP contribution in [0, 0.1) is 13.8 Å². The van der Waals surface area contributed by atoms with E-state index in [4.69, 9.17) is 15.0 Å². The van der Waals surface area contributed by atoms with Gasteiger partial charge in [0.15, 0.2) is 6.61 Å². The summed E-state index contributed by atoms with van der Waals surface area (Å²) in [5.74, 6) is 1.72. The van der Waals surface area contributed by atoms with E-state index in [9.17, 15) is 0 Å². The molecule has 0 aliphatic rings. The van der Waals surface area contributed by atoms with Gasteiger partial charge in [-0.1, -0.05) is 11.2 Å². The first-order valence-corrected chi connectivity index (χ1v) is 5.84. The van der Waals surface area contributed by atoms with Crippen LogP contribution in [-0.4, -0.2) is 10.1 Å². The van der Waals surface area contributed by atoms with E-state index in [1.165, 1.54) is 11.1 Å². The van der Waals surface area contributed by atoms with Gasteiger partial charge in [0.2, 0.25) is 11.7 Å². The molecule has 0 aliphatic heterocycles. The molecule has 18 heavy (non-hydrogen) atoms. The van der Waals surface area contributed by atoms with Crippen molar-refractivity contribution in [2.75, 3.05) is 0 Å². The van der Waals surface area contributed by atoms with E-state index in [0.29, 0.717) is 11.7 Å². The minimum atomic E-state index is -0.257. The van der Waals surface area contributed by atoms with Gasteiger partial charge in [-0.15, -0.1) is 0 Å². The molecule has 1 aromatic heterocycles. The minimum Gasteiger partial charge on any atom is -0.485 e. The minimum absolute atomic E-state index is 0.257. The molecular formula is C13H17N3O2. The van der Waals surface area contributed by atoms with Gasteiger partial charge >= 0.3 is 0 Å². The topological polar surface area (TPSA) is 74.2 Å². The first-order chi connectivity index (χ1) is 8.56. The van der Waals surface area contributed by atoms with Crippen molar-refractivity contribution in [3.63, 3.8) is 0 Å². The number of nitrogens with two attached hydrogens (primary N) is 1. The predicted molar refractivity (Wildman–Crippen MR) is 67.1 cm³/mol. The largest absolute Gasteiger partial charge is 0.485 e. The molecule has 1 heterocycles. The van der Waals surface area contributed by atoms with Crippen LogP contribution in [0.2, 0.25) is 0 Å². The Kier molecular flexibility index (Phi) is 3.62. The maximum atomic E-state index is 5.63. The van der Waals surface area contributed by atoms with Crippen molar-refractivity contribution in [2.24, 2.45) is 5.73 Å². The van der Waals surface area contributed by atoms with Crippen molar-refractivity contribution in [1.29, 1.82) is 0 Å². The zero-order valence-electron chi connectivity index (χ0n) is 10.8. The van der Waals surface area contributed by atoms with E-state index in [0.717, 1.165) is 5.75 Å². The van der Waals surface area contributed by atoms with Crippen LogP contribution in [0.5, 0.6) is 5.75 Å². The Hall–Kier alpha value is -1.88. The first kappa shape index (κ1) is 12.6. The number of aromatic nitrogens is 2. The smallest absolute Gasteiger partial charge is 0.243 e. The van der Waals surface area contributed by atoms with Crippen LogP contribution in [0.4, 0.5) is 0 Å². The zero-order chi connectivity index (χ0) is 13.1. The van der Waals surface area contributed by atoms with Crippen molar-refractivity contribution >= 4 is 0 Å². The molecule has 0 amide bonds. The summed E-state index contributed by atoms with van der Waals surface area (Å²) in [6, 6.07) is 5.68. The molecule has 1 unspecified atom stereocenters. The normalized spacial score (nSPS) is 12.4. The molecule has 0 saturated heterocycles. The highest BCUT2D eigenvalue weighted by atomic mass is 16.5. The molecule has 96 valence electrons. The summed E-state index contributed by atoms with van der Waals surface area (Å²) < 4.78 is 10.6. The second-order valence-electron chi connectivity index (χ2n) is 4.37. The van der Waals surface area contributed by atoms with Gasteiger partial charge in [0.1, 0.15) is 5.75 Å². The highest BCUT2D eigenvalue weighted by Gasteiger charge is 2.10. The highest BCUT2D eigenvalue weighted by molar-refractivity contribution is 5.33. The number of benzene rings is 1. The maximum absolute atomic E-state index is 5.63. The number of hydrogen-bond acceptors (Lipinski definition) is 5. The monoisotopic (exact) mass is 247 g/mol. The molecule has 0 saturated carbocycles. The van der Waals surface area contributed by atoms with Crippen molar-refractivity contribution in [3.05, 3.63) is 41.0 Å². The van der Waals surface area contributed by atoms with Crippen LogP contribution < -0.4 is 10.5 Å². The lowest BCUT2D eigenvalue weighted by atomic mass is 10.1. The zero-order valence-corrected chi connectivity index (χ0v) is 10.8. The Morgan fingerprint density at radius 2 is 2.11 bits per heavy atom. The quantitative estimate of drug-likeness (QED) is 0.897. The summed E-state index contributed by atoms with van der Waals surface area (Å²) in [4.78, 5) is 4.14. The molecule has 2 aromatic rings. The van der Waals surface area contributed by atoms with E-state index in [1.54, 1.807) is 6.92 Å². The van der Waals surface area contributed by atoms with Gasteiger partial charge in [0.25, 0.3) is 0 Å². The van der Waals surface area contributed by atoms with Gasteiger partial charge in [0, 0.05) is 0 Å². The fourth-order valence-electron chi connectivity index (χ4n) is 1.46. The summed E-state index contributed by atoms with van der Waals surface area (Å²) in [6.07, 6.45) is 0. The van der Waals surface area contributed by atoms with E-state index >= 15 is 0 Å². The standard InChI is InChI=1S/C13H17N3O2/c1-8-4-5-11(6-9(8)2)17-7-12-15-13(10(3)14)18-16-12/h4-6,10H,7,14H2,1-3H3. The molecule has 0 spiro atoms. The Morgan fingerprint density at radius 3 is 2.72 bits per heavy atom. The van der Waals surface area contributed by atoms with Crippen LogP contribution in [0.3, 0.4) is 0 Å². The fourth-order valence-corrected chi connectivity index (χ4v) is 1.46. The molecule has 0 fully saturated rings. The SMILES string of the molecule is Cc1ccc(OCc2noc(C(C)N)n2)cc1C. The van der Waals surface area contributed by atoms with Gasteiger partial charge in [-0.05, 0) is 44.0 Å². The third-order valence-corrected chi connectivity index (χ3v) is 2.72. The average Bonchev–Trinajstić information content (AvgIpc) is 2.79. The van der Waals surface area contributed by atoms with Crippen LogP contribution in [0.25, 0.3) is 0 Å². The van der Waals surface area contributed by atoms with Gasteiger partial charge in [0.05, 0.1) is 6.04 Å². The predicted octanol–water partition coefficient (Wildman–Crippen LogP) is 2.29. The highest BCUT2D eigenvalue weighted by Crippen LogP contribution is 2.17.